The minimum Gasteiger partial charge on any atom is -0.268 e. The molecule has 1 aromatic carbocycles. The van der Waals surface area contributed by atoms with Gasteiger partial charge in [-0.1, -0.05) is 46.4 Å². The Labute approximate surface area is 151 Å². The van der Waals surface area contributed by atoms with E-state index in [2.05, 4.69) is 4.98 Å². The highest BCUT2D eigenvalue weighted by Crippen LogP contribution is 2.46. The number of hydrogen-bond donors (Lipinski definition) is 0. The smallest absolute Gasteiger partial charge is 0.268 e. The number of anilines is 1. The van der Waals surface area contributed by atoms with Crippen molar-refractivity contribution in [2.75, 3.05) is 4.90 Å². The molecule has 0 radical (unpaired) electrons. The van der Waals surface area contributed by atoms with E-state index in [0.717, 1.165) is 6.20 Å². The Kier molecular flexibility index (Phi) is 3.97. The number of thiazole rings is 1. The highest BCUT2D eigenvalue weighted by Gasteiger charge is 2.44. The van der Waals surface area contributed by atoms with E-state index in [1.807, 2.05) is 0 Å². The fraction of sp³-hybridized carbons (Fsp3) is 0. The number of carbonyl (C=O) groups excluding carboxylic acids is 2. The minimum atomic E-state index is -0.834. The van der Waals surface area contributed by atoms with Crippen molar-refractivity contribution in [2.24, 2.45) is 0 Å². The van der Waals surface area contributed by atoms with Gasteiger partial charge in [-0.25, -0.2) is 9.88 Å². The molecule has 2 amide bonds. The third-order valence-corrected chi connectivity index (χ3v) is 5.69. The molecule has 1 aliphatic rings. The number of nitrogens with zero attached hydrogens (tertiary/aromatic N) is 3. The van der Waals surface area contributed by atoms with Gasteiger partial charge in [0.25, 0.3) is 11.8 Å². The largest absolute Gasteiger partial charge is 0.345 e. The molecule has 2 heterocycles. The first kappa shape index (κ1) is 16.4. The number of fused-ring (bicyclic) bond motifs is 1. The van der Waals surface area contributed by atoms with Crippen LogP contribution >= 0.6 is 57.7 Å². The number of carbonyl (C=O) groups is 2. The van der Waals surface area contributed by atoms with E-state index in [9.17, 15) is 19.7 Å². The summed E-state index contributed by atoms with van der Waals surface area (Å²) in [5.74, 6) is -1.67. The summed E-state index contributed by atoms with van der Waals surface area (Å²) in [6, 6.07) is 0. The van der Waals surface area contributed by atoms with Crippen LogP contribution in [0.15, 0.2) is 6.20 Å². The van der Waals surface area contributed by atoms with E-state index in [0.29, 0.717) is 16.2 Å². The summed E-state index contributed by atoms with van der Waals surface area (Å²) in [6.45, 7) is 0. The second-order valence-corrected chi connectivity index (χ2v) is 6.69. The zero-order valence-electron chi connectivity index (χ0n) is 10.5. The predicted octanol–water partition coefficient (Wildman–Crippen LogP) is 4.47. The molecule has 2 aromatic rings. The van der Waals surface area contributed by atoms with Crippen LogP contribution in [-0.4, -0.2) is 21.7 Å². The number of imide groups is 1. The summed E-state index contributed by atoms with van der Waals surface area (Å²) in [5, 5.41) is 9.45. The van der Waals surface area contributed by atoms with Crippen LogP contribution in [-0.2, 0) is 0 Å². The number of hydrogen-bond acceptors (Lipinski definition) is 6. The topological polar surface area (TPSA) is 93.4 Å². The maximum absolute atomic E-state index is 12.5. The van der Waals surface area contributed by atoms with E-state index >= 15 is 0 Å². The first-order valence-corrected chi connectivity index (χ1v) is 7.93. The standard InChI is InChI=1S/C11HCl4N3O4S/c12-5-3-4(6(13)8(15)7(5)14)10(20)17(9(3)19)11-16-1-2(23-11)18(21)22/h1H. The molecule has 1 aliphatic heterocycles. The number of halogens is 4. The Bertz CT molecular complexity index is 866. The van der Waals surface area contributed by atoms with E-state index in [-0.39, 0.29) is 41.4 Å². The van der Waals surface area contributed by atoms with Crippen LogP contribution in [0, 0.1) is 10.1 Å². The molecule has 0 saturated carbocycles. The van der Waals surface area contributed by atoms with Crippen LogP contribution in [0.2, 0.25) is 20.1 Å². The van der Waals surface area contributed by atoms with E-state index in [1.54, 1.807) is 0 Å². The van der Waals surface area contributed by atoms with Crippen LogP contribution in [0.25, 0.3) is 0 Å². The van der Waals surface area contributed by atoms with Gasteiger partial charge < -0.3 is 0 Å². The van der Waals surface area contributed by atoms with E-state index in [4.69, 9.17) is 46.4 Å². The quantitative estimate of drug-likeness (QED) is 0.238. The highest BCUT2D eigenvalue weighted by atomic mass is 35.5. The fourth-order valence-corrected chi connectivity index (χ4v) is 3.71. The van der Waals surface area contributed by atoms with Crippen molar-refractivity contribution in [2.45, 2.75) is 0 Å². The van der Waals surface area contributed by atoms with Crippen molar-refractivity contribution in [3.05, 3.63) is 47.5 Å². The third kappa shape index (κ3) is 2.29. The van der Waals surface area contributed by atoms with Crippen molar-refractivity contribution in [1.82, 2.24) is 4.98 Å². The van der Waals surface area contributed by atoms with Gasteiger partial charge in [-0.2, -0.15) is 0 Å². The number of benzene rings is 1. The normalized spacial score (nSPS) is 13.7. The molecule has 0 unspecified atom stereocenters. The lowest BCUT2D eigenvalue weighted by molar-refractivity contribution is -0.380. The Balaban J connectivity index is 2.19. The molecular weight excluding hydrogens is 412 g/mol. The SMILES string of the molecule is O=C1c2c(Cl)c(Cl)c(Cl)c(Cl)c2C(=O)N1c1ncc([N+](=O)[O-])s1. The fourth-order valence-electron chi connectivity index (χ4n) is 1.97. The van der Waals surface area contributed by atoms with Gasteiger partial charge in [-0.15, -0.1) is 0 Å². The lowest BCUT2D eigenvalue weighted by Crippen LogP contribution is -2.29. The summed E-state index contributed by atoms with van der Waals surface area (Å²) < 4.78 is 0. The predicted molar refractivity (Wildman–Crippen MR) is 86.4 cm³/mol. The molecule has 0 aliphatic carbocycles. The Morgan fingerprint density at radius 3 is 1.87 bits per heavy atom. The highest BCUT2D eigenvalue weighted by molar-refractivity contribution is 7.19. The van der Waals surface area contributed by atoms with Crippen LogP contribution in [0.5, 0.6) is 0 Å². The molecule has 118 valence electrons. The van der Waals surface area contributed by atoms with Gasteiger partial charge in [0.15, 0.2) is 0 Å². The molecule has 0 N–H and O–H groups in total. The zero-order chi connectivity index (χ0) is 17.0. The van der Waals surface area contributed by atoms with Crippen molar-refractivity contribution in [3.8, 4) is 0 Å². The van der Waals surface area contributed by atoms with Crippen LogP contribution in [0.3, 0.4) is 0 Å². The van der Waals surface area contributed by atoms with Crippen molar-refractivity contribution in [1.29, 1.82) is 0 Å². The molecule has 0 spiro atoms. The van der Waals surface area contributed by atoms with Crippen LogP contribution in [0.4, 0.5) is 10.1 Å². The molecule has 1 aromatic heterocycles. The average Bonchev–Trinajstić information content (AvgIpc) is 3.06. The molecule has 0 bridgehead atoms. The number of nitro groups is 1. The lowest BCUT2D eigenvalue weighted by Gasteiger charge is -2.08. The first-order valence-electron chi connectivity index (χ1n) is 5.60. The lowest BCUT2D eigenvalue weighted by atomic mass is 10.1. The van der Waals surface area contributed by atoms with Gasteiger partial charge in [0.2, 0.25) is 5.13 Å². The summed E-state index contributed by atoms with van der Waals surface area (Å²) in [6.07, 6.45) is 0.937. The molecule has 3 rings (SSSR count). The molecule has 12 heteroatoms. The average molecular weight is 413 g/mol. The number of aromatic nitrogens is 1. The zero-order valence-corrected chi connectivity index (χ0v) is 14.3. The molecule has 7 nitrogen and oxygen atoms in total. The van der Waals surface area contributed by atoms with Crippen molar-refractivity contribution >= 4 is 79.7 Å². The van der Waals surface area contributed by atoms with Crippen LogP contribution in [0.1, 0.15) is 20.7 Å². The maximum Gasteiger partial charge on any atom is 0.345 e. The molecule has 0 saturated heterocycles. The van der Waals surface area contributed by atoms with Gasteiger partial charge in [0.1, 0.15) is 6.20 Å². The van der Waals surface area contributed by atoms with Gasteiger partial charge in [-0.05, 0) is 11.3 Å². The van der Waals surface area contributed by atoms with Gasteiger partial charge in [0, 0.05) is 0 Å². The molecule has 0 fully saturated rings. The van der Waals surface area contributed by atoms with Crippen molar-refractivity contribution in [3.63, 3.8) is 0 Å². The monoisotopic (exact) mass is 411 g/mol. The minimum absolute atomic E-state index is 0.162. The first-order chi connectivity index (χ1) is 10.8. The van der Waals surface area contributed by atoms with Crippen molar-refractivity contribution < 1.29 is 14.5 Å². The van der Waals surface area contributed by atoms with E-state index in [1.165, 1.54) is 0 Å². The summed E-state index contributed by atoms with van der Waals surface area (Å²) in [4.78, 5) is 39.4. The number of amides is 2. The molecular formula is C11HCl4N3O4S. The number of rotatable bonds is 2. The van der Waals surface area contributed by atoms with Crippen LogP contribution < -0.4 is 4.90 Å². The summed E-state index contributed by atoms with van der Waals surface area (Å²) in [5.41, 5.74) is -0.428. The van der Waals surface area contributed by atoms with Gasteiger partial charge >= 0.3 is 5.00 Å². The summed E-state index contributed by atoms with van der Waals surface area (Å²) in [7, 11) is 0. The molecule has 0 atom stereocenters. The Morgan fingerprint density at radius 1 is 1.00 bits per heavy atom. The van der Waals surface area contributed by atoms with Gasteiger partial charge in [-0.3, -0.25) is 19.7 Å². The maximum atomic E-state index is 12.5. The van der Waals surface area contributed by atoms with E-state index < -0.39 is 16.7 Å². The second-order valence-electron chi connectivity index (χ2n) is 4.19. The van der Waals surface area contributed by atoms with Gasteiger partial charge in [0.05, 0.1) is 36.1 Å². The summed E-state index contributed by atoms with van der Waals surface area (Å²) >= 11 is 24.3. The Hall–Kier alpha value is -1.45. The Morgan fingerprint density at radius 2 is 1.48 bits per heavy atom. The second kappa shape index (κ2) is 5.57. The third-order valence-electron chi connectivity index (χ3n) is 2.95. The molecule has 23 heavy (non-hydrogen) atoms.